The largest absolute Gasteiger partial charge is 0.491 e. The number of ether oxygens (including phenoxy) is 2. The van der Waals surface area contributed by atoms with E-state index in [0.717, 1.165) is 14.7 Å². The average molecular weight is 602 g/mol. The molecule has 0 aliphatic heterocycles. The highest BCUT2D eigenvalue weighted by Gasteiger charge is 2.24. The monoisotopic (exact) mass is 601 g/mol. The lowest BCUT2D eigenvalue weighted by molar-refractivity contribution is 0.0888. The number of aromatic nitrogens is 3. The third kappa shape index (κ3) is 7.05. The molecule has 0 bridgehead atoms. The molecule has 2 aromatic carbocycles. The second kappa shape index (κ2) is 12.2. The van der Waals surface area contributed by atoms with Crippen LogP contribution in [0.2, 0.25) is 0 Å². The minimum atomic E-state index is -0.766. The second-order valence-electron chi connectivity index (χ2n) is 8.47. The van der Waals surface area contributed by atoms with Crippen LogP contribution in [0.5, 0.6) is 11.5 Å². The van der Waals surface area contributed by atoms with Crippen LogP contribution in [0.25, 0.3) is 0 Å². The van der Waals surface area contributed by atoms with Crippen LogP contribution in [0.15, 0.2) is 48.7 Å². The van der Waals surface area contributed by atoms with E-state index in [2.05, 4.69) is 52.8 Å². The topological polar surface area (TPSA) is 110 Å². The van der Waals surface area contributed by atoms with Crippen molar-refractivity contribution < 1.29 is 24.8 Å². The summed E-state index contributed by atoms with van der Waals surface area (Å²) in [6.07, 6.45) is 0.123. The minimum Gasteiger partial charge on any atom is -0.491 e. The van der Waals surface area contributed by atoms with Gasteiger partial charge in [-0.05, 0) is 58.0 Å². The van der Waals surface area contributed by atoms with Gasteiger partial charge in [-0.15, -0.1) is 16.7 Å². The normalized spacial score (nSPS) is 13.5. The highest BCUT2D eigenvalue weighted by molar-refractivity contribution is 14.1. The number of benzene rings is 2. The second-order valence-corrected chi connectivity index (χ2v) is 9.94. The Balaban J connectivity index is 1.59. The molecule has 0 unspecified atom stereocenters. The average Bonchev–Trinajstić information content (AvgIpc) is 3.29. The molecule has 1 aromatic heterocycles. The number of hydrogen-bond donors (Lipinski definition) is 3. The van der Waals surface area contributed by atoms with Gasteiger partial charge in [0.05, 0.1) is 28.8 Å². The first-order valence-electron chi connectivity index (χ1n) is 10.8. The van der Waals surface area contributed by atoms with Crippen LogP contribution in [0.3, 0.4) is 0 Å². The standard InChI is InChI=1S/C24H29ClIN3O5/c1-24(2,17-5-8-23(22(26)9-17)34-14-19(31)10-25)16-3-6-21(7-4-16)33-15-20(32)12-29-11-18(13-30)27-28-29/h3-9,11,19-20,30-32H,10,12-15H2,1-2H3/t19-,20-/m0/s1. The first-order chi connectivity index (χ1) is 16.2. The van der Waals surface area contributed by atoms with E-state index in [0.29, 0.717) is 17.2 Å². The fourth-order valence-electron chi connectivity index (χ4n) is 3.33. The number of aliphatic hydroxyl groups is 3. The van der Waals surface area contributed by atoms with Crippen molar-refractivity contribution in [2.75, 3.05) is 19.1 Å². The molecule has 0 aliphatic rings. The summed E-state index contributed by atoms with van der Waals surface area (Å²) in [7, 11) is 0. The zero-order valence-corrected chi connectivity index (χ0v) is 22.0. The van der Waals surface area contributed by atoms with Gasteiger partial charge in [0.25, 0.3) is 0 Å². The molecule has 8 nitrogen and oxygen atoms in total. The Bertz CT molecular complexity index is 1060. The first kappa shape index (κ1) is 26.7. The predicted molar refractivity (Wildman–Crippen MR) is 137 cm³/mol. The molecule has 184 valence electrons. The molecule has 10 heteroatoms. The van der Waals surface area contributed by atoms with Gasteiger partial charge in [0.2, 0.25) is 0 Å². The first-order valence-corrected chi connectivity index (χ1v) is 12.4. The third-order valence-corrected chi connectivity index (χ3v) is 6.63. The highest BCUT2D eigenvalue weighted by Crippen LogP contribution is 2.35. The third-order valence-electron chi connectivity index (χ3n) is 5.43. The van der Waals surface area contributed by atoms with Crippen molar-refractivity contribution in [3.8, 4) is 11.5 Å². The van der Waals surface area contributed by atoms with Gasteiger partial charge in [-0.1, -0.05) is 37.3 Å². The zero-order chi connectivity index (χ0) is 24.7. The fraction of sp³-hybridized carbons (Fsp3) is 0.417. The predicted octanol–water partition coefficient (Wildman–Crippen LogP) is 3.12. The summed E-state index contributed by atoms with van der Waals surface area (Å²) in [5, 5.41) is 36.5. The molecule has 1 heterocycles. The van der Waals surface area contributed by atoms with Gasteiger partial charge in [-0.2, -0.15) is 0 Å². The molecule has 0 spiro atoms. The van der Waals surface area contributed by atoms with Crippen LogP contribution in [0, 0.1) is 3.57 Å². The smallest absolute Gasteiger partial charge is 0.132 e. The van der Waals surface area contributed by atoms with Crippen LogP contribution in [0.1, 0.15) is 30.7 Å². The molecule has 0 fully saturated rings. The van der Waals surface area contributed by atoms with Gasteiger partial charge < -0.3 is 24.8 Å². The number of hydrogen-bond acceptors (Lipinski definition) is 7. The van der Waals surface area contributed by atoms with Crippen molar-refractivity contribution in [1.82, 2.24) is 15.0 Å². The fourth-order valence-corrected chi connectivity index (χ4v) is 4.09. The molecular weight excluding hydrogens is 573 g/mol. The van der Waals surface area contributed by atoms with E-state index < -0.39 is 12.2 Å². The molecular formula is C24H29ClIN3O5. The van der Waals surface area contributed by atoms with E-state index in [1.165, 1.54) is 4.68 Å². The van der Waals surface area contributed by atoms with Crippen molar-refractivity contribution in [2.24, 2.45) is 0 Å². The van der Waals surface area contributed by atoms with E-state index in [-0.39, 0.29) is 37.7 Å². The SMILES string of the molecule is CC(C)(c1ccc(OC[C@@H](O)Cn2cc(CO)nn2)cc1)c1ccc(OC[C@@H](O)CCl)c(I)c1. The summed E-state index contributed by atoms with van der Waals surface area (Å²) >= 11 is 7.86. The number of halogens is 2. The van der Waals surface area contributed by atoms with E-state index in [1.54, 1.807) is 6.20 Å². The van der Waals surface area contributed by atoms with Crippen molar-refractivity contribution in [1.29, 1.82) is 0 Å². The molecule has 0 radical (unpaired) electrons. The van der Waals surface area contributed by atoms with Crippen molar-refractivity contribution in [3.63, 3.8) is 0 Å². The summed E-state index contributed by atoms with van der Waals surface area (Å²) in [5.74, 6) is 1.50. The molecule has 2 atom stereocenters. The lowest BCUT2D eigenvalue weighted by Gasteiger charge is -2.27. The molecule has 0 aliphatic carbocycles. The summed E-state index contributed by atoms with van der Waals surface area (Å²) < 4.78 is 13.8. The Kier molecular flexibility index (Phi) is 9.55. The lowest BCUT2D eigenvalue weighted by Crippen LogP contribution is -2.24. The quantitative estimate of drug-likeness (QED) is 0.216. The number of aliphatic hydroxyl groups excluding tert-OH is 3. The Labute approximate surface area is 217 Å². The van der Waals surface area contributed by atoms with Gasteiger partial charge in [-0.3, -0.25) is 0 Å². The summed E-state index contributed by atoms with van der Waals surface area (Å²) in [6.45, 7) is 4.59. The Morgan fingerprint density at radius 2 is 1.71 bits per heavy atom. The van der Waals surface area contributed by atoms with E-state index in [1.807, 2.05) is 36.4 Å². The maximum atomic E-state index is 10.2. The maximum Gasteiger partial charge on any atom is 0.132 e. The number of nitrogens with zero attached hydrogens (tertiary/aromatic N) is 3. The van der Waals surface area contributed by atoms with Gasteiger partial charge >= 0.3 is 0 Å². The van der Waals surface area contributed by atoms with E-state index >= 15 is 0 Å². The van der Waals surface area contributed by atoms with Crippen LogP contribution in [-0.4, -0.2) is 61.6 Å². The summed E-state index contributed by atoms with van der Waals surface area (Å²) in [5.41, 5.74) is 2.43. The minimum absolute atomic E-state index is 0.106. The van der Waals surface area contributed by atoms with Gasteiger partial charge in [0, 0.05) is 5.41 Å². The molecule has 3 aromatic rings. The summed E-state index contributed by atoms with van der Waals surface area (Å²) in [6, 6.07) is 13.8. The molecule has 3 rings (SSSR count). The highest BCUT2D eigenvalue weighted by atomic mass is 127. The lowest BCUT2D eigenvalue weighted by atomic mass is 9.78. The zero-order valence-electron chi connectivity index (χ0n) is 19.1. The van der Waals surface area contributed by atoms with Crippen LogP contribution >= 0.6 is 34.2 Å². The Morgan fingerprint density at radius 1 is 1.03 bits per heavy atom. The van der Waals surface area contributed by atoms with Crippen LogP contribution < -0.4 is 9.47 Å². The Hall–Kier alpha value is -1.92. The summed E-state index contributed by atoms with van der Waals surface area (Å²) in [4.78, 5) is 0. The van der Waals surface area contributed by atoms with Crippen LogP contribution in [-0.2, 0) is 18.6 Å². The van der Waals surface area contributed by atoms with Crippen molar-refractivity contribution >= 4 is 34.2 Å². The van der Waals surface area contributed by atoms with Gasteiger partial charge in [0.1, 0.15) is 42.6 Å². The van der Waals surface area contributed by atoms with E-state index in [9.17, 15) is 10.2 Å². The van der Waals surface area contributed by atoms with Gasteiger partial charge in [-0.25, -0.2) is 4.68 Å². The van der Waals surface area contributed by atoms with E-state index in [4.69, 9.17) is 26.2 Å². The molecule has 0 amide bonds. The maximum absolute atomic E-state index is 10.2. The molecule has 0 saturated carbocycles. The Morgan fingerprint density at radius 3 is 2.32 bits per heavy atom. The number of alkyl halides is 1. The molecule has 3 N–H and O–H groups in total. The van der Waals surface area contributed by atoms with Crippen LogP contribution in [0.4, 0.5) is 0 Å². The molecule has 0 saturated heterocycles. The van der Waals surface area contributed by atoms with Gasteiger partial charge in [0.15, 0.2) is 0 Å². The number of rotatable bonds is 12. The van der Waals surface area contributed by atoms with Crippen molar-refractivity contribution in [3.05, 3.63) is 69.1 Å². The van der Waals surface area contributed by atoms with Crippen molar-refractivity contribution in [2.45, 2.75) is 44.6 Å². The molecule has 34 heavy (non-hydrogen) atoms.